The fourth-order valence-electron chi connectivity index (χ4n) is 6.17. The zero-order chi connectivity index (χ0) is 27.4. The van der Waals surface area contributed by atoms with Crippen LogP contribution in [0.2, 0.25) is 0 Å². The first-order valence-electron chi connectivity index (χ1n) is 13.6. The van der Waals surface area contributed by atoms with Crippen molar-refractivity contribution < 1.29 is 28.1 Å². The average Bonchev–Trinajstić information content (AvgIpc) is 2.91. The molecule has 6 heterocycles. The van der Waals surface area contributed by atoms with E-state index in [9.17, 15) is 4.79 Å². The highest BCUT2D eigenvalue weighted by Crippen LogP contribution is 2.40. The molecule has 3 saturated heterocycles. The molecule has 3 aromatic rings. The van der Waals surface area contributed by atoms with Crippen molar-refractivity contribution in [2.24, 2.45) is 11.8 Å². The summed E-state index contributed by atoms with van der Waals surface area (Å²) in [6, 6.07) is 3.80. The molecule has 7 rings (SSSR count). The molecule has 1 aromatic carbocycles. The lowest BCUT2D eigenvalue weighted by Gasteiger charge is -2.50. The fourth-order valence-corrected chi connectivity index (χ4v) is 6.17. The van der Waals surface area contributed by atoms with Crippen LogP contribution >= 0.6 is 0 Å². The Bertz CT molecular complexity index is 1470. The van der Waals surface area contributed by atoms with Crippen molar-refractivity contribution in [2.45, 2.75) is 19.1 Å². The highest BCUT2D eigenvalue weighted by atomic mass is 19.1. The predicted octanol–water partition coefficient (Wildman–Crippen LogP) is 3.02. The number of carbonyl (C=O) groups excluding carboxylic acids is 1. The number of benzene rings is 1. The number of nitrogens with two attached hydrogens (primary N) is 1. The minimum atomic E-state index is -0.578. The number of fused-ring (bicyclic) bond motifs is 4. The van der Waals surface area contributed by atoms with Crippen LogP contribution in [0.5, 0.6) is 5.88 Å². The number of piperidine rings is 1. The van der Waals surface area contributed by atoms with E-state index in [0.717, 1.165) is 37.6 Å². The molecule has 0 radical (unpaired) electrons. The summed E-state index contributed by atoms with van der Waals surface area (Å²) >= 11 is 0. The second-order valence-corrected chi connectivity index (χ2v) is 10.9. The van der Waals surface area contributed by atoms with Crippen LogP contribution in [0.1, 0.15) is 5.56 Å². The number of nitrogen functional groups attached to an aromatic ring is 1. The Labute approximate surface area is 230 Å². The molecule has 12 heteroatoms. The molecule has 1 amide bonds. The van der Waals surface area contributed by atoms with Gasteiger partial charge in [-0.1, -0.05) is 0 Å². The van der Waals surface area contributed by atoms with Crippen LogP contribution in [-0.2, 0) is 14.2 Å². The highest BCUT2D eigenvalue weighted by molar-refractivity contribution is 5.99. The second kappa shape index (κ2) is 10.0. The molecule has 40 heavy (non-hydrogen) atoms. The summed E-state index contributed by atoms with van der Waals surface area (Å²) in [5, 5.41) is 7.10. The lowest BCUT2D eigenvalue weighted by atomic mass is 9.83. The van der Waals surface area contributed by atoms with Gasteiger partial charge in [0.1, 0.15) is 24.2 Å². The van der Waals surface area contributed by atoms with Crippen molar-refractivity contribution >= 4 is 34.1 Å². The first-order chi connectivity index (χ1) is 19.5. The number of hydrogen-bond acceptors (Lipinski definition) is 10. The van der Waals surface area contributed by atoms with E-state index >= 15 is 4.39 Å². The Morgan fingerprint density at radius 1 is 1.12 bits per heavy atom. The van der Waals surface area contributed by atoms with Crippen LogP contribution in [0.25, 0.3) is 21.9 Å². The van der Waals surface area contributed by atoms with Gasteiger partial charge < -0.3 is 30.0 Å². The Balaban J connectivity index is 1.12. The van der Waals surface area contributed by atoms with Crippen LogP contribution in [0.3, 0.4) is 0 Å². The van der Waals surface area contributed by atoms with Crippen LogP contribution in [0.15, 0.2) is 24.5 Å². The molecule has 0 spiro atoms. The minimum absolute atomic E-state index is 0.0214. The average molecular weight is 551 g/mol. The number of nitrogens with zero attached hydrogens (tertiary/aromatic N) is 3. The summed E-state index contributed by atoms with van der Waals surface area (Å²) in [4.78, 5) is 24.1. The van der Waals surface area contributed by atoms with Gasteiger partial charge in [-0.25, -0.2) is 19.2 Å². The third-order valence-electron chi connectivity index (χ3n) is 8.38. The van der Waals surface area contributed by atoms with Crippen LogP contribution in [-0.4, -0.2) is 85.8 Å². The second-order valence-electron chi connectivity index (χ2n) is 10.9. The zero-order valence-corrected chi connectivity index (χ0v) is 22.1. The largest absolute Gasteiger partial charge is 0.474 e. The van der Waals surface area contributed by atoms with Crippen molar-refractivity contribution in [1.82, 2.24) is 14.9 Å². The zero-order valence-electron chi connectivity index (χ0n) is 22.1. The number of hydrogen-bond donors (Lipinski definition) is 3. The van der Waals surface area contributed by atoms with Crippen molar-refractivity contribution in [3.05, 3.63) is 35.9 Å². The molecule has 210 valence electrons. The third kappa shape index (κ3) is 4.36. The Hall–Kier alpha value is -3.74. The van der Waals surface area contributed by atoms with E-state index in [1.54, 1.807) is 18.3 Å². The molecular weight excluding hydrogens is 519 g/mol. The number of aromatic nitrogens is 2. The number of pyridine rings is 2. The number of anilines is 3. The summed E-state index contributed by atoms with van der Waals surface area (Å²) in [5.74, 6) is 0.429. The standard InChI is InChI=1S/C28H31FN6O5/c1-14-20(6-33-27-25(14)31-2-3-39-27)19-4-15-5-22(32-7-21(15)24(30)23(19)29)34-28(36)40-26-16-8-35(18-12-38-13-18)9-17(26)11-37-10-16/h4-7,16-18,26,31H,2-3,8-13,30H2,1H3,(H,32,34,36). The number of carbonyl (C=O) groups is 1. The van der Waals surface area contributed by atoms with Crippen molar-refractivity contribution in [2.75, 3.05) is 69.0 Å². The molecule has 4 aliphatic rings. The Kier molecular flexibility index (Phi) is 6.32. The maximum atomic E-state index is 15.5. The maximum absolute atomic E-state index is 15.5. The van der Waals surface area contributed by atoms with Crippen molar-refractivity contribution in [3.8, 4) is 17.0 Å². The Morgan fingerprint density at radius 2 is 1.90 bits per heavy atom. The van der Waals surface area contributed by atoms with E-state index in [1.165, 1.54) is 6.20 Å². The van der Waals surface area contributed by atoms with Gasteiger partial charge in [0.15, 0.2) is 5.82 Å². The maximum Gasteiger partial charge on any atom is 0.413 e. The van der Waals surface area contributed by atoms with Gasteiger partial charge in [-0.3, -0.25) is 10.2 Å². The minimum Gasteiger partial charge on any atom is -0.474 e. The van der Waals surface area contributed by atoms with Gasteiger partial charge in [0, 0.05) is 60.4 Å². The SMILES string of the molecule is Cc1c(-c2cc3cc(NC(=O)OC4C5COCC4CN(C4COC4)C5)ncc3c(N)c2F)cnc2c1NCCO2. The number of halogens is 1. The number of ether oxygens (including phenoxy) is 4. The quantitative estimate of drug-likeness (QED) is 0.416. The van der Waals surface area contributed by atoms with Crippen molar-refractivity contribution in [1.29, 1.82) is 0 Å². The molecule has 2 aromatic heterocycles. The topological polar surface area (TPSA) is 133 Å². The van der Waals surface area contributed by atoms with Crippen LogP contribution in [0.4, 0.5) is 26.4 Å². The predicted molar refractivity (Wildman–Crippen MR) is 146 cm³/mol. The van der Waals surface area contributed by atoms with Gasteiger partial charge in [-0.05, 0) is 30.0 Å². The van der Waals surface area contributed by atoms with Gasteiger partial charge in [-0.2, -0.15) is 0 Å². The smallest absolute Gasteiger partial charge is 0.413 e. The van der Waals surface area contributed by atoms with Gasteiger partial charge >= 0.3 is 6.09 Å². The summed E-state index contributed by atoms with van der Waals surface area (Å²) < 4.78 is 38.1. The molecule has 11 nitrogen and oxygen atoms in total. The molecule has 2 atom stereocenters. The van der Waals surface area contributed by atoms with E-state index in [1.807, 2.05) is 6.92 Å². The van der Waals surface area contributed by atoms with E-state index in [2.05, 4.69) is 25.5 Å². The lowest BCUT2D eigenvalue weighted by Crippen LogP contribution is -2.62. The molecule has 2 bridgehead atoms. The first-order valence-corrected chi connectivity index (χ1v) is 13.6. The molecule has 0 saturated carbocycles. The monoisotopic (exact) mass is 550 g/mol. The summed E-state index contributed by atoms with van der Waals surface area (Å²) in [6.45, 7) is 7.28. The number of likely N-dealkylation sites (tertiary alicyclic amines) is 1. The van der Waals surface area contributed by atoms with E-state index in [0.29, 0.717) is 60.2 Å². The van der Waals surface area contributed by atoms with Gasteiger partial charge in [0.05, 0.1) is 38.2 Å². The molecule has 0 aliphatic carbocycles. The number of amides is 1. The molecule has 4 aliphatic heterocycles. The van der Waals surface area contributed by atoms with E-state index < -0.39 is 11.9 Å². The summed E-state index contributed by atoms with van der Waals surface area (Å²) in [7, 11) is 0. The number of rotatable bonds is 4. The van der Waals surface area contributed by atoms with Gasteiger partial charge in [0.2, 0.25) is 5.88 Å². The third-order valence-corrected chi connectivity index (χ3v) is 8.38. The van der Waals surface area contributed by atoms with Crippen molar-refractivity contribution in [3.63, 3.8) is 0 Å². The summed E-state index contributed by atoms with van der Waals surface area (Å²) in [6.07, 6.45) is 2.24. The first kappa shape index (κ1) is 25.2. The van der Waals surface area contributed by atoms with Gasteiger partial charge in [0.25, 0.3) is 0 Å². The molecule has 2 unspecified atom stereocenters. The molecule has 4 N–H and O–H groups in total. The lowest BCUT2D eigenvalue weighted by molar-refractivity contribution is -0.157. The normalized spacial score (nSPS) is 24.4. The van der Waals surface area contributed by atoms with Crippen LogP contribution in [0, 0.1) is 24.6 Å². The molecular formula is C28H31FN6O5. The highest BCUT2D eigenvalue weighted by Gasteiger charge is 2.45. The van der Waals surface area contributed by atoms with Gasteiger partial charge in [-0.15, -0.1) is 0 Å². The Morgan fingerprint density at radius 3 is 2.65 bits per heavy atom. The van der Waals surface area contributed by atoms with E-state index in [-0.39, 0.29) is 29.4 Å². The fraction of sp³-hybridized carbons (Fsp3) is 0.464. The molecule has 3 fully saturated rings. The van der Waals surface area contributed by atoms with Crippen LogP contribution < -0.4 is 21.1 Å². The van der Waals surface area contributed by atoms with E-state index in [4.69, 9.17) is 24.7 Å². The number of nitrogens with one attached hydrogen (secondary N) is 2. The summed E-state index contributed by atoms with van der Waals surface area (Å²) in [5.41, 5.74) is 8.64.